The van der Waals surface area contributed by atoms with Gasteiger partial charge < -0.3 is 11.1 Å². The van der Waals surface area contributed by atoms with Crippen molar-refractivity contribution in [3.05, 3.63) is 0 Å². The van der Waals surface area contributed by atoms with Crippen molar-refractivity contribution in [3.8, 4) is 0 Å². The number of nitrogens with two attached hydrogens (primary N) is 1. The molecule has 0 saturated heterocycles. The smallest absolute Gasteiger partial charge is 0.221 e. The van der Waals surface area contributed by atoms with Gasteiger partial charge in [0.1, 0.15) is 0 Å². The van der Waals surface area contributed by atoms with Gasteiger partial charge in [-0.2, -0.15) is 0 Å². The first-order chi connectivity index (χ1) is 7.99. The number of amides is 1. The summed E-state index contributed by atoms with van der Waals surface area (Å²) in [5.74, 6) is -0.101. The van der Waals surface area contributed by atoms with Gasteiger partial charge in [-0.3, -0.25) is 4.79 Å². The van der Waals surface area contributed by atoms with Crippen LogP contribution < -0.4 is 15.8 Å². The Morgan fingerprint density at radius 3 is 2.59 bits per heavy atom. The first-order valence-corrected chi connectivity index (χ1v) is 7.52. The van der Waals surface area contributed by atoms with Crippen molar-refractivity contribution in [1.82, 2.24) is 10.0 Å². The van der Waals surface area contributed by atoms with Gasteiger partial charge in [0, 0.05) is 25.6 Å². The minimum absolute atomic E-state index is 0.0973. The van der Waals surface area contributed by atoms with Crippen molar-refractivity contribution < 1.29 is 13.2 Å². The zero-order valence-corrected chi connectivity index (χ0v) is 10.9. The predicted molar refractivity (Wildman–Crippen MR) is 65.8 cm³/mol. The highest BCUT2D eigenvalue weighted by Gasteiger charge is 2.24. The molecule has 1 atom stereocenters. The van der Waals surface area contributed by atoms with Crippen molar-refractivity contribution in [2.24, 2.45) is 5.73 Å². The van der Waals surface area contributed by atoms with E-state index < -0.39 is 15.3 Å². The van der Waals surface area contributed by atoms with Crippen LogP contribution in [0.3, 0.4) is 0 Å². The molecule has 1 saturated carbocycles. The molecule has 1 fully saturated rings. The van der Waals surface area contributed by atoms with Gasteiger partial charge >= 0.3 is 0 Å². The lowest BCUT2D eigenvalue weighted by molar-refractivity contribution is -0.121. The van der Waals surface area contributed by atoms with E-state index in [1.54, 1.807) is 6.92 Å². The molecule has 0 aromatic carbocycles. The highest BCUT2D eigenvalue weighted by atomic mass is 32.2. The summed E-state index contributed by atoms with van der Waals surface area (Å²) in [7, 11) is -3.39. The van der Waals surface area contributed by atoms with Crippen LogP contribution in [0.4, 0.5) is 0 Å². The third-order valence-electron chi connectivity index (χ3n) is 2.75. The van der Waals surface area contributed by atoms with Gasteiger partial charge in [-0.15, -0.1) is 0 Å². The molecular weight excluding hydrogens is 242 g/mol. The molecule has 0 aromatic heterocycles. The summed E-state index contributed by atoms with van der Waals surface area (Å²) in [5, 5.41) is 2.22. The largest absolute Gasteiger partial charge is 0.353 e. The van der Waals surface area contributed by atoms with Crippen molar-refractivity contribution in [2.45, 2.75) is 43.9 Å². The monoisotopic (exact) mass is 263 g/mol. The zero-order chi connectivity index (χ0) is 12.9. The van der Waals surface area contributed by atoms with E-state index in [2.05, 4.69) is 10.0 Å². The van der Waals surface area contributed by atoms with Crippen LogP contribution in [0.25, 0.3) is 0 Å². The highest BCUT2D eigenvalue weighted by Crippen LogP contribution is 2.18. The Balaban J connectivity index is 2.26. The number of hydrogen-bond donors (Lipinski definition) is 3. The van der Waals surface area contributed by atoms with Crippen LogP contribution in [0.2, 0.25) is 0 Å². The fourth-order valence-corrected chi connectivity index (χ4v) is 2.78. The normalized spacial score (nSPS) is 17.8. The van der Waals surface area contributed by atoms with Crippen LogP contribution in [0, 0.1) is 0 Å². The van der Waals surface area contributed by atoms with Gasteiger partial charge in [0.25, 0.3) is 0 Å². The minimum atomic E-state index is -3.39. The standard InChI is InChI=1S/C10H21N3O3S/c1-2-9(7-11)17(15,16)12-6-5-10(14)13-8-3-4-8/h8-9,12H,2-7,11H2,1H3,(H,13,14). The van der Waals surface area contributed by atoms with E-state index in [4.69, 9.17) is 5.73 Å². The maximum atomic E-state index is 11.7. The van der Waals surface area contributed by atoms with E-state index in [0.717, 1.165) is 12.8 Å². The molecule has 0 aliphatic heterocycles. The molecule has 17 heavy (non-hydrogen) atoms. The predicted octanol–water partition coefficient (Wildman–Crippen LogP) is -0.688. The van der Waals surface area contributed by atoms with Gasteiger partial charge in [0.05, 0.1) is 5.25 Å². The number of rotatable bonds is 8. The van der Waals surface area contributed by atoms with Crippen LogP contribution in [-0.2, 0) is 14.8 Å². The molecule has 100 valence electrons. The summed E-state index contributed by atoms with van der Waals surface area (Å²) in [4.78, 5) is 11.3. The Morgan fingerprint density at radius 1 is 1.47 bits per heavy atom. The molecular formula is C10H21N3O3S. The Kier molecular flexibility index (Phi) is 5.35. The van der Waals surface area contributed by atoms with Crippen molar-refractivity contribution >= 4 is 15.9 Å². The minimum Gasteiger partial charge on any atom is -0.353 e. The summed E-state index contributed by atoms with van der Waals surface area (Å²) in [6.07, 6.45) is 2.71. The Labute approximate surface area is 102 Å². The molecule has 7 heteroatoms. The second kappa shape index (κ2) is 6.32. The molecule has 1 aliphatic rings. The van der Waals surface area contributed by atoms with Crippen LogP contribution in [0.1, 0.15) is 32.6 Å². The SMILES string of the molecule is CCC(CN)S(=O)(=O)NCCC(=O)NC1CC1. The topological polar surface area (TPSA) is 101 Å². The van der Waals surface area contributed by atoms with Crippen LogP contribution >= 0.6 is 0 Å². The van der Waals surface area contributed by atoms with Crippen molar-refractivity contribution in [3.63, 3.8) is 0 Å². The van der Waals surface area contributed by atoms with Crippen LogP contribution in [0.15, 0.2) is 0 Å². The average Bonchev–Trinajstić information content (AvgIpc) is 3.02. The maximum Gasteiger partial charge on any atom is 0.221 e. The summed E-state index contributed by atoms with van der Waals surface area (Å²) in [6, 6.07) is 0.312. The molecule has 1 unspecified atom stereocenters. The zero-order valence-electron chi connectivity index (χ0n) is 10.1. The second-order valence-corrected chi connectivity index (χ2v) is 6.34. The average molecular weight is 263 g/mol. The van der Waals surface area contributed by atoms with E-state index in [0.29, 0.717) is 12.5 Å². The first kappa shape index (κ1) is 14.4. The summed E-state index contributed by atoms with van der Waals surface area (Å²) in [5.41, 5.74) is 5.38. The van der Waals surface area contributed by atoms with E-state index in [9.17, 15) is 13.2 Å². The van der Waals surface area contributed by atoms with Gasteiger partial charge in [-0.1, -0.05) is 6.92 Å². The lowest BCUT2D eigenvalue weighted by Gasteiger charge is -2.14. The fourth-order valence-electron chi connectivity index (χ4n) is 1.46. The number of carbonyl (C=O) groups is 1. The molecule has 0 spiro atoms. The summed E-state index contributed by atoms with van der Waals surface area (Å²) < 4.78 is 25.8. The van der Waals surface area contributed by atoms with Gasteiger partial charge in [-0.25, -0.2) is 13.1 Å². The van der Waals surface area contributed by atoms with E-state index in [-0.39, 0.29) is 25.4 Å². The van der Waals surface area contributed by atoms with Gasteiger partial charge in [-0.05, 0) is 19.3 Å². The molecule has 0 radical (unpaired) electrons. The van der Waals surface area contributed by atoms with E-state index in [1.165, 1.54) is 0 Å². The maximum absolute atomic E-state index is 11.7. The van der Waals surface area contributed by atoms with Crippen LogP contribution in [0.5, 0.6) is 0 Å². The Hall–Kier alpha value is -0.660. The van der Waals surface area contributed by atoms with E-state index in [1.807, 2.05) is 0 Å². The molecule has 1 aliphatic carbocycles. The van der Waals surface area contributed by atoms with Crippen molar-refractivity contribution in [2.75, 3.05) is 13.1 Å². The van der Waals surface area contributed by atoms with Gasteiger partial charge in [0.2, 0.25) is 15.9 Å². The highest BCUT2D eigenvalue weighted by molar-refractivity contribution is 7.90. The number of hydrogen-bond acceptors (Lipinski definition) is 4. The molecule has 1 rings (SSSR count). The molecule has 0 aromatic rings. The molecule has 0 heterocycles. The summed E-state index contributed by atoms with van der Waals surface area (Å²) in [6.45, 7) is 2.01. The van der Waals surface area contributed by atoms with Crippen LogP contribution in [-0.4, -0.2) is 38.7 Å². The lowest BCUT2D eigenvalue weighted by atomic mass is 10.3. The summed E-state index contributed by atoms with van der Waals surface area (Å²) >= 11 is 0. The Bertz CT molecular complexity index is 348. The van der Waals surface area contributed by atoms with Crippen molar-refractivity contribution in [1.29, 1.82) is 0 Å². The molecule has 4 N–H and O–H groups in total. The number of carbonyl (C=O) groups excluding carboxylic acids is 1. The lowest BCUT2D eigenvalue weighted by Crippen LogP contribution is -2.40. The third-order valence-corrected chi connectivity index (χ3v) is 4.76. The molecule has 6 nitrogen and oxygen atoms in total. The molecule has 1 amide bonds. The Morgan fingerprint density at radius 2 is 2.12 bits per heavy atom. The first-order valence-electron chi connectivity index (χ1n) is 5.97. The number of nitrogens with one attached hydrogen (secondary N) is 2. The van der Waals surface area contributed by atoms with Gasteiger partial charge in [0.15, 0.2) is 0 Å². The fraction of sp³-hybridized carbons (Fsp3) is 0.900. The molecule has 0 bridgehead atoms. The number of sulfonamides is 1. The van der Waals surface area contributed by atoms with E-state index >= 15 is 0 Å². The second-order valence-electron chi connectivity index (χ2n) is 4.30. The quantitative estimate of drug-likeness (QED) is 0.539. The third kappa shape index (κ3) is 5.01.